The van der Waals surface area contributed by atoms with Gasteiger partial charge < -0.3 is 15.2 Å². The summed E-state index contributed by atoms with van der Waals surface area (Å²) in [5.74, 6) is -0.558. The second-order valence-electron chi connectivity index (χ2n) is 3.23. The summed E-state index contributed by atoms with van der Waals surface area (Å²) in [6.07, 6.45) is 2.77. The van der Waals surface area contributed by atoms with Gasteiger partial charge >= 0.3 is 11.9 Å². The van der Waals surface area contributed by atoms with E-state index in [1.807, 2.05) is 0 Å². The van der Waals surface area contributed by atoms with Gasteiger partial charge in [-0.2, -0.15) is 5.26 Å². The number of methoxy groups -OCH3 is 2. The van der Waals surface area contributed by atoms with E-state index in [2.05, 4.69) is 16.4 Å². The Morgan fingerprint density at radius 3 is 2.39 bits per heavy atom. The van der Waals surface area contributed by atoms with Crippen LogP contribution in [0.25, 0.3) is 0 Å². The van der Waals surface area contributed by atoms with Gasteiger partial charge in [-0.05, 0) is 18.2 Å². The summed E-state index contributed by atoms with van der Waals surface area (Å²) in [4.78, 5) is 20.8. The summed E-state index contributed by atoms with van der Waals surface area (Å²) >= 11 is 0.872. The number of nitrogens with zero attached hydrogens (tertiary/aromatic N) is 1. The molecule has 0 saturated heterocycles. The maximum absolute atomic E-state index is 10.7. The summed E-state index contributed by atoms with van der Waals surface area (Å²) in [6.45, 7) is 2.06. The quantitative estimate of drug-likeness (QED) is 0.571. The van der Waals surface area contributed by atoms with Crippen LogP contribution in [-0.4, -0.2) is 38.0 Å². The highest BCUT2D eigenvalue weighted by Crippen LogP contribution is 1.98. The SMILES string of the molecule is CCCC[C@H](N)C(=O)OC.COC(=O)CSC#N. The fourth-order valence-electron chi connectivity index (χ4n) is 0.843. The zero-order valence-corrected chi connectivity index (χ0v) is 11.8. The first-order valence-corrected chi connectivity index (χ1v) is 6.43. The Hall–Kier alpha value is -1.26. The molecule has 0 aromatic carbocycles. The second-order valence-corrected chi connectivity index (χ2v) is 3.99. The number of hydrogen-bond donors (Lipinski definition) is 1. The minimum atomic E-state index is -0.426. The molecule has 0 rings (SSSR count). The lowest BCUT2D eigenvalue weighted by molar-refractivity contribution is -0.142. The minimum Gasteiger partial charge on any atom is -0.468 e. The molecule has 0 aliphatic carbocycles. The Balaban J connectivity index is 0. The van der Waals surface area contributed by atoms with Gasteiger partial charge in [-0.1, -0.05) is 19.8 Å². The van der Waals surface area contributed by atoms with Crippen molar-refractivity contribution in [2.24, 2.45) is 5.73 Å². The predicted molar refractivity (Wildman–Crippen MR) is 69.6 cm³/mol. The predicted octanol–water partition coefficient (Wildman–Crippen LogP) is 1.05. The van der Waals surface area contributed by atoms with Gasteiger partial charge in [0.05, 0.1) is 14.2 Å². The first kappa shape index (κ1) is 19.1. The van der Waals surface area contributed by atoms with Crippen molar-refractivity contribution in [1.29, 1.82) is 5.26 Å². The van der Waals surface area contributed by atoms with E-state index in [1.165, 1.54) is 14.2 Å². The molecular weight excluding hydrogens is 256 g/mol. The molecule has 0 heterocycles. The highest BCUT2D eigenvalue weighted by atomic mass is 32.2. The van der Waals surface area contributed by atoms with Crippen LogP contribution >= 0.6 is 11.8 Å². The number of esters is 2. The lowest BCUT2D eigenvalue weighted by Gasteiger charge is -2.06. The molecule has 0 fully saturated rings. The van der Waals surface area contributed by atoms with Crippen LogP contribution in [0.2, 0.25) is 0 Å². The summed E-state index contributed by atoms with van der Waals surface area (Å²) in [6, 6.07) is -0.426. The fraction of sp³-hybridized carbons (Fsp3) is 0.727. The third kappa shape index (κ3) is 12.8. The van der Waals surface area contributed by atoms with Crippen LogP contribution in [0.3, 0.4) is 0 Å². The molecule has 7 heteroatoms. The van der Waals surface area contributed by atoms with Crippen LogP contribution in [0.5, 0.6) is 0 Å². The maximum Gasteiger partial charge on any atom is 0.322 e. The van der Waals surface area contributed by atoms with Crippen LogP contribution in [0.15, 0.2) is 0 Å². The Bertz CT molecular complexity index is 279. The van der Waals surface area contributed by atoms with Crippen LogP contribution in [0, 0.1) is 10.7 Å². The smallest absolute Gasteiger partial charge is 0.322 e. The number of hydrogen-bond acceptors (Lipinski definition) is 7. The van der Waals surface area contributed by atoms with Crippen molar-refractivity contribution in [2.45, 2.75) is 32.2 Å². The fourth-order valence-corrected chi connectivity index (χ4v) is 1.14. The van der Waals surface area contributed by atoms with Crippen molar-refractivity contribution in [3.63, 3.8) is 0 Å². The minimum absolute atomic E-state index is 0.118. The summed E-state index contributed by atoms with van der Waals surface area (Å²) in [5, 5.41) is 9.66. The van der Waals surface area contributed by atoms with E-state index in [9.17, 15) is 9.59 Å². The summed E-state index contributed by atoms with van der Waals surface area (Å²) < 4.78 is 8.69. The molecule has 0 aromatic heterocycles. The van der Waals surface area contributed by atoms with Crippen LogP contribution in [0.4, 0.5) is 0 Å². The maximum atomic E-state index is 10.7. The summed E-state index contributed by atoms with van der Waals surface area (Å²) in [5.41, 5.74) is 5.44. The number of carbonyl (C=O) groups is 2. The highest BCUT2D eigenvalue weighted by Gasteiger charge is 2.11. The molecule has 6 nitrogen and oxygen atoms in total. The molecule has 0 saturated carbocycles. The molecule has 2 N–H and O–H groups in total. The number of rotatable bonds is 6. The molecule has 0 amide bonds. The zero-order chi connectivity index (χ0) is 14.4. The largest absolute Gasteiger partial charge is 0.468 e. The van der Waals surface area contributed by atoms with E-state index in [0.29, 0.717) is 0 Å². The van der Waals surface area contributed by atoms with Gasteiger partial charge in [-0.3, -0.25) is 9.59 Å². The van der Waals surface area contributed by atoms with Gasteiger partial charge in [-0.15, -0.1) is 0 Å². The molecule has 18 heavy (non-hydrogen) atoms. The Labute approximate surface area is 112 Å². The van der Waals surface area contributed by atoms with E-state index in [-0.39, 0.29) is 17.7 Å². The van der Waals surface area contributed by atoms with Crippen LogP contribution in [-0.2, 0) is 19.1 Å². The molecule has 104 valence electrons. The van der Waals surface area contributed by atoms with Crippen molar-refractivity contribution in [1.82, 2.24) is 0 Å². The van der Waals surface area contributed by atoms with Crippen molar-refractivity contribution in [3.05, 3.63) is 0 Å². The third-order valence-electron chi connectivity index (χ3n) is 1.85. The zero-order valence-electron chi connectivity index (χ0n) is 11.0. The van der Waals surface area contributed by atoms with Gasteiger partial charge in [0.15, 0.2) is 0 Å². The van der Waals surface area contributed by atoms with Gasteiger partial charge in [0, 0.05) is 0 Å². The number of nitrogens with two attached hydrogens (primary N) is 1. The topological polar surface area (TPSA) is 102 Å². The molecule has 0 aliphatic rings. The second kappa shape index (κ2) is 13.8. The number of nitriles is 1. The highest BCUT2D eigenvalue weighted by molar-refractivity contribution is 8.04. The van der Waals surface area contributed by atoms with Crippen LogP contribution in [0.1, 0.15) is 26.2 Å². The standard InChI is InChI=1S/C7H15NO2.C4H5NO2S/c1-3-4-5-6(8)7(9)10-2;1-7-4(6)2-8-3-5/h6H,3-5,8H2,1-2H3;2H2,1H3/t6-;/m0./s1. The van der Waals surface area contributed by atoms with E-state index in [4.69, 9.17) is 11.0 Å². The molecule has 1 atom stereocenters. The Morgan fingerprint density at radius 2 is 2.00 bits per heavy atom. The van der Waals surface area contributed by atoms with Crippen molar-refractivity contribution in [2.75, 3.05) is 20.0 Å². The van der Waals surface area contributed by atoms with E-state index in [1.54, 1.807) is 5.40 Å². The van der Waals surface area contributed by atoms with Crippen molar-refractivity contribution >= 4 is 23.7 Å². The van der Waals surface area contributed by atoms with Gasteiger partial charge in [0.25, 0.3) is 0 Å². The number of thiocyanates is 1. The number of ether oxygens (including phenoxy) is 2. The molecule has 0 unspecified atom stereocenters. The normalized spacial score (nSPS) is 10.4. The molecule has 0 bridgehead atoms. The molecular formula is C11H20N2O4S. The van der Waals surface area contributed by atoms with Crippen LogP contribution < -0.4 is 5.73 Å². The van der Waals surface area contributed by atoms with Gasteiger partial charge in [0.2, 0.25) is 0 Å². The molecule has 0 aliphatic heterocycles. The van der Waals surface area contributed by atoms with E-state index < -0.39 is 6.04 Å². The lowest BCUT2D eigenvalue weighted by atomic mass is 10.1. The Morgan fingerprint density at radius 1 is 1.39 bits per heavy atom. The summed E-state index contributed by atoms with van der Waals surface area (Å²) in [7, 11) is 2.65. The molecule has 0 aromatic rings. The number of thioether (sulfide) groups is 1. The van der Waals surface area contributed by atoms with Gasteiger partial charge in [-0.25, -0.2) is 0 Å². The third-order valence-corrected chi connectivity index (χ3v) is 2.36. The average molecular weight is 276 g/mol. The van der Waals surface area contributed by atoms with Crippen molar-refractivity contribution < 1.29 is 19.1 Å². The van der Waals surface area contributed by atoms with E-state index in [0.717, 1.165) is 31.0 Å². The van der Waals surface area contributed by atoms with E-state index >= 15 is 0 Å². The monoisotopic (exact) mass is 276 g/mol. The molecule has 0 spiro atoms. The average Bonchev–Trinajstić information content (AvgIpc) is 2.41. The number of carbonyl (C=O) groups excluding carboxylic acids is 2. The lowest BCUT2D eigenvalue weighted by Crippen LogP contribution is -2.31. The Kier molecular flexibility index (Phi) is 14.6. The first-order chi connectivity index (χ1) is 8.53. The van der Waals surface area contributed by atoms with Gasteiger partial charge in [0.1, 0.15) is 17.2 Å². The number of unbranched alkanes of at least 4 members (excludes halogenated alkanes) is 1. The molecule has 0 radical (unpaired) electrons. The first-order valence-electron chi connectivity index (χ1n) is 5.44. The van der Waals surface area contributed by atoms with Crippen molar-refractivity contribution in [3.8, 4) is 5.40 Å².